The molecule has 0 aliphatic heterocycles. The van der Waals surface area contributed by atoms with E-state index in [4.69, 9.17) is 9.47 Å². The number of nitrogens with one attached hydrogen (secondary N) is 1. The summed E-state index contributed by atoms with van der Waals surface area (Å²) in [5, 5.41) is 2.94. The van der Waals surface area contributed by atoms with Crippen molar-refractivity contribution in [2.45, 2.75) is 40.5 Å². The van der Waals surface area contributed by atoms with E-state index in [0.717, 1.165) is 23.5 Å². The Morgan fingerprint density at radius 2 is 1.81 bits per heavy atom. The molecular formula is C17H27NO3. The van der Waals surface area contributed by atoms with Gasteiger partial charge in [-0.3, -0.25) is 4.79 Å². The third-order valence-corrected chi connectivity index (χ3v) is 2.94. The molecule has 1 N–H and O–H groups in total. The summed E-state index contributed by atoms with van der Waals surface area (Å²) >= 11 is 0. The van der Waals surface area contributed by atoms with E-state index >= 15 is 0 Å². The van der Waals surface area contributed by atoms with Gasteiger partial charge in [0.25, 0.3) is 0 Å². The number of benzene rings is 1. The molecule has 1 rings (SSSR count). The van der Waals surface area contributed by atoms with Crippen LogP contribution in [0.1, 0.15) is 39.7 Å². The Morgan fingerprint density at radius 3 is 2.43 bits per heavy atom. The molecule has 21 heavy (non-hydrogen) atoms. The van der Waals surface area contributed by atoms with E-state index in [0.29, 0.717) is 32.1 Å². The van der Waals surface area contributed by atoms with E-state index in [2.05, 4.69) is 5.32 Å². The largest absolute Gasteiger partial charge is 0.490 e. The van der Waals surface area contributed by atoms with E-state index in [9.17, 15) is 4.79 Å². The van der Waals surface area contributed by atoms with Crippen LogP contribution >= 0.6 is 0 Å². The fourth-order valence-corrected chi connectivity index (χ4v) is 2.04. The van der Waals surface area contributed by atoms with Gasteiger partial charge in [-0.15, -0.1) is 0 Å². The van der Waals surface area contributed by atoms with Crippen molar-refractivity contribution in [2.75, 3.05) is 19.8 Å². The maximum absolute atomic E-state index is 11.6. The molecule has 0 spiro atoms. The molecular weight excluding hydrogens is 266 g/mol. The van der Waals surface area contributed by atoms with E-state index in [1.165, 1.54) is 0 Å². The average molecular weight is 293 g/mol. The second kappa shape index (κ2) is 9.27. The minimum Gasteiger partial charge on any atom is -0.490 e. The highest BCUT2D eigenvalue weighted by atomic mass is 16.5. The maximum Gasteiger partial charge on any atom is 0.220 e. The fraction of sp³-hybridized carbons (Fsp3) is 0.588. The van der Waals surface area contributed by atoms with Crippen LogP contribution in [-0.2, 0) is 11.2 Å². The normalized spacial score (nSPS) is 10.5. The van der Waals surface area contributed by atoms with E-state index < -0.39 is 0 Å². The predicted octanol–water partition coefficient (Wildman–Crippen LogP) is 3.19. The number of rotatable bonds is 9. The molecule has 1 aromatic carbocycles. The van der Waals surface area contributed by atoms with E-state index in [1.807, 2.05) is 45.9 Å². The molecule has 0 aromatic heterocycles. The van der Waals surface area contributed by atoms with Gasteiger partial charge < -0.3 is 14.8 Å². The molecule has 0 radical (unpaired) electrons. The topological polar surface area (TPSA) is 47.6 Å². The lowest BCUT2D eigenvalue weighted by molar-refractivity contribution is -0.121. The number of hydrogen-bond donors (Lipinski definition) is 1. The number of ether oxygens (including phenoxy) is 2. The zero-order chi connectivity index (χ0) is 15.7. The highest BCUT2D eigenvalue weighted by molar-refractivity contribution is 5.76. The first-order valence-corrected chi connectivity index (χ1v) is 7.72. The smallest absolute Gasteiger partial charge is 0.220 e. The van der Waals surface area contributed by atoms with Crippen molar-refractivity contribution in [1.29, 1.82) is 0 Å². The van der Waals surface area contributed by atoms with Gasteiger partial charge in [0.05, 0.1) is 13.2 Å². The van der Waals surface area contributed by atoms with Crippen molar-refractivity contribution < 1.29 is 14.3 Å². The zero-order valence-corrected chi connectivity index (χ0v) is 13.6. The molecule has 0 atom stereocenters. The highest BCUT2D eigenvalue weighted by Crippen LogP contribution is 2.28. The van der Waals surface area contributed by atoms with Gasteiger partial charge in [-0.2, -0.15) is 0 Å². The summed E-state index contributed by atoms with van der Waals surface area (Å²) in [5.41, 5.74) is 1.13. The summed E-state index contributed by atoms with van der Waals surface area (Å²) in [6.45, 7) is 9.85. The minimum absolute atomic E-state index is 0.112. The summed E-state index contributed by atoms with van der Waals surface area (Å²) in [5.74, 6) is 2.04. The van der Waals surface area contributed by atoms with Gasteiger partial charge in [0, 0.05) is 13.0 Å². The molecule has 0 bridgehead atoms. The fourth-order valence-electron chi connectivity index (χ4n) is 2.04. The lowest BCUT2D eigenvalue weighted by atomic mass is 10.1. The van der Waals surface area contributed by atoms with E-state index in [-0.39, 0.29) is 5.91 Å². The third-order valence-electron chi connectivity index (χ3n) is 2.94. The molecule has 1 aromatic rings. The Labute approximate surface area is 127 Å². The Balaban J connectivity index is 2.55. The first kappa shape index (κ1) is 17.3. The quantitative estimate of drug-likeness (QED) is 0.760. The number of carbonyl (C=O) groups excluding carboxylic acids is 1. The van der Waals surface area contributed by atoms with Crippen LogP contribution in [0.2, 0.25) is 0 Å². The van der Waals surface area contributed by atoms with Crippen LogP contribution in [0.5, 0.6) is 11.5 Å². The van der Waals surface area contributed by atoms with Crippen molar-refractivity contribution >= 4 is 5.91 Å². The van der Waals surface area contributed by atoms with Crippen LogP contribution in [-0.4, -0.2) is 25.7 Å². The number of hydrogen-bond acceptors (Lipinski definition) is 3. The van der Waals surface area contributed by atoms with Crippen molar-refractivity contribution in [3.05, 3.63) is 23.8 Å². The first-order valence-electron chi connectivity index (χ1n) is 7.72. The van der Waals surface area contributed by atoms with Gasteiger partial charge in [-0.05, 0) is 43.9 Å². The molecule has 118 valence electrons. The van der Waals surface area contributed by atoms with Crippen molar-refractivity contribution in [3.63, 3.8) is 0 Å². The molecule has 0 aliphatic rings. The second-order valence-electron chi connectivity index (χ2n) is 5.35. The van der Waals surface area contributed by atoms with Gasteiger partial charge >= 0.3 is 0 Å². The van der Waals surface area contributed by atoms with Gasteiger partial charge in [0.15, 0.2) is 11.5 Å². The van der Waals surface area contributed by atoms with Gasteiger partial charge in [-0.1, -0.05) is 19.9 Å². The van der Waals surface area contributed by atoms with Crippen molar-refractivity contribution in [3.8, 4) is 11.5 Å². The Hall–Kier alpha value is -1.71. The summed E-state index contributed by atoms with van der Waals surface area (Å²) in [7, 11) is 0. The van der Waals surface area contributed by atoms with E-state index in [1.54, 1.807) is 0 Å². The summed E-state index contributed by atoms with van der Waals surface area (Å²) in [6.07, 6.45) is 1.36. The first-order chi connectivity index (χ1) is 10.1. The minimum atomic E-state index is 0.112. The SMILES string of the molecule is CCOc1ccc(CCNC(=O)CC(C)C)cc1OCC. The lowest BCUT2D eigenvalue weighted by Gasteiger charge is -2.13. The van der Waals surface area contributed by atoms with Gasteiger partial charge in [0.1, 0.15) is 0 Å². The van der Waals surface area contributed by atoms with Crippen molar-refractivity contribution in [2.24, 2.45) is 5.92 Å². The highest BCUT2D eigenvalue weighted by Gasteiger charge is 2.07. The van der Waals surface area contributed by atoms with Crippen LogP contribution in [0, 0.1) is 5.92 Å². The lowest BCUT2D eigenvalue weighted by Crippen LogP contribution is -2.26. The van der Waals surface area contributed by atoms with Crippen LogP contribution < -0.4 is 14.8 Å². The third kappa shape index (κ3) is 6.52. The van der Waals surface area contributed by atoms with Crippen LogP contribution in [0.15, 0.2) is 18.2 Å². The Kier molecular flexibility index (Phi) is 7.65. The maximum atomic E-state index is 11.6. The molecule has 0 aliphatic carbocycles. The standard InChI is InChI=1S/C17H27NO3/c1-5-20-15-8-7-14(12-16(15)21-6-2)9-10-18-17(19)11-13(3)4/h7-8,12-13H,5-6,9-11H2,1-4H3,(H,18,19). The Morgan fingerprint density at radius 1 is 1.14 bits per heavy atom. The molecule has 4 heteroatoms. The van der Waals surface area contributed by atoms with Crippen LogP contribution in [0.25, 0.3) is 0 Å². The van der Waals surface area contributed by atoms with Gasteiger partial charge in [0.2, 0.25) is 5.91 Å². The Bertz CT molecular complexity index is 444. The summed E-state index contributed by atoms with van der Waals surface area (Å²) < 4.78 is 11.1. The monoisotopic (exact) mass is 293 g/mol. The number of amides is 1. The molecule has 0 heterocycles. The molecule has 0 fully saturated rings. The zero-order valence-electron chi connectivity index (χ0n) is 13.6. The second-order valence-corrected chi connectivity index (χ2v) is 5.35. The predicted molar refractivity (Wildman–Crippen MR) is 84.9 cm³/mol. The summed E-state index contributed by atoms with van der Waals surface area (Å²) in [6, 6.07) is 5.94. The molecule has 4 nitrogen and oxygen atoms in total. The number of carbonyl (C=O) groups is 1. The molecule has 0 saturated carbocycles. The average Bonchev–Trinajstić information content (AvgIpc) is 2.41. The van der Waals surface area contributed by atoms with Crippen LogP contribution in [0.4, 0.5) is 0 Å². The van der Waals surface area contributed by atoms with Gasteiger partial charge in [-0.25, -0.2) is 0 Å². The molecule has 1 amide bonds. The van der Waals surface area contributed by atoms with Crippen molar-refractivity contribution in [1.82, 2.24) is 5.32 Å². The van der Waals surface area contributed by atoms with Crippen LogP contribution in [0.3, 0.4) is 0 Å². The summed E-state index contributed by atoms with van der Waals surface area (Å²) in [4.78, 5) is 11.6. The molecule has 0 saturated heterocycles. The molecule has 0 unspecified atom stereocenters.